The van der Waals surface area contributed by atoms with E-state index in [0.29, 0.717) is 37.4 Å². The molecule has 2 saturated heterocycles. The molecular formula is C19H28N2O4S. The van der Waals surface area contributed by atoms with Gasteiger partial charge in [-0.15, -0.1) is 0 Å². The maximum atomic E-state index is 12.9. The highest BCUT2D eigenvalue weighted by atomic mass is 32.2. The van der Waals surface area contributed by atoms with Crippen LogP contribution in [0.2, 0.25) is 0 Å². The fraction of sp³-hybridized carbons (Fsp3) is 0.632. The van der Waals surface area contributed by atoms with Crippen molar-refractivity contribution in [3.05, 3.63) is 29.8 Å². The van der Waals surface area contributed by atoms with E-state index in [-0.39, 0.29) is 23.5 Å². The quantitative estimate of drug-likeness (QED) is 0.868. The van der Waals surface area contributed by atoms with Crippen molar-refractivity contribution >= 4 is 15.9 Å². The van der Waals surface area contributed by atoms with E-state index in [1.807, 2.05) is 26.8 Å². The third-order valence-corrected chi connectivity index (χ3v) is 7.24. The normalized spacial score (nSPS) is 23.5. The highest BCUT2D eigenvalue weighted by Gasteiger charge is 2.45. The number of nitrogens with zero attached hydrogens (tertiary/aromatic N) is 1. The van der Waals surface area contributed by atoms with Crippen LogP contribution < -0.4 is 5.32 Å². The van der Waals surface area contributed by atoms with Crippen LogP contribution in [-0.4, -0.2) is 50.0 Å². The van der Waals surface area contributed by atoms with E-state index in [2.05, 4.69) is 5.32 Å². The summed E-state index contributed by atoms with van der Waals surface area (Å²) >= 11 is 0. The molecule has 7 heteroatoms. The summed E-state index contributed by atoms with van der Waals surface area (Å²) in [6.45, 7) is 7.03. The Kier molecular flexibility index (Phi) is 5.42. The van der Waals surface area contributed by atoms with Gasteiger partial charge < -0.3 is 10.1 Å². The maximum absolute atomic E-state index is 12.9. The minimum absolute atomic E-state index is 0.0184. The van der Waals surface area contributed by atoms with Gasteiger partial charge in [0.1, 0.15) is 0 Å². The second-order valence-electron chi connectivity index (χ2n) is 7.78. The number of sulfonamides is 1. The first-order valence-corrected chi connectivity index (χ1v) is 10.7. The van der Waals surface area contributed by atoms with Gasteiger partial charge in [-0.3, -0.25) is 4.79 Å². The first-order chi connectivity index (χ1) is 12.2. The molecule has 0 radical (unpaired) electrons. The molecule has 0 saturated carbocycles. The smallest absolute Gasteiger partial charge is 0.243 e. The lowest BCUT2D eigenvalue weighted by atomic mass is 9.88. The van der Waals surface area contributed by atoms with Gasteiger partial charge in [0, 0.05) is 19.0 Å². The van der Waals surface area contributed by atoms with Gasteiger partial charge in [0.05, 0.1) is 23.1 Å². The number of benzene rings is 1. The Bertz CT molecular complexity index is 767. The molecule has 1 atom stereocenters. The summed E-state index contributed by atoms with van der Waals surface area (Å²) in [7, 11) is -3.47. The zero-order valence-electron chi connectivity index (χ0n) is 15.7. The zero-order valence-corrected chi connectivity index (χ0v) is 16.5. The van der Waals surface area contributed by atoms with E-state index in [1.54, 1.807) is 22.5 Å². The van der Waals surface area contributed by atoms with Crippen LogP contribution in [0.4, 0.5) is 0 Å². The predicted octanol–water partition coefficient (Wildman–Crippen LogP) is 2.08. The number of aryl methyl sites for hydroxylation is 1. The van der Waals surface area contributed by atoms with E-state index in [9.17, 15) is 13.2 Å². The molecular weight excluding hydrogens is 352 g/mol. The van der Waals surface area contributed by atoms with Gasteiger partial charge in [0.15, 0.2) is 0 Å². The average molecular weight is 381 g/mol. The van der Waals surface area contributed by atoms with Crippen molar-refractivity contribution in [2.75, 3.05) is 19.7 Å². The monoisotopic (exact) mass is 380 g/mol. The Morgan fingerprint density at radius 1 is 1.31 bits per heavy atom. The molecule has 1 aromatic carbocycles. The van der Waals surface area contributed by atoms with E-state index < -0.39 is 10.0 Å². The summed E-state index contributed by atoms with van der Waals surface area (Å²) in [5.41, 5.74) is 0.621. The van der Waals surface area contributed by atoms with E-state index in [4.69, 9.17) is 4.74 Å². The lowest BCUT2D eigenvalue weighted by Gasteiger charge is -2.38. The molecule has 0 aliphatic carbocycles. The summed E-state index contributed by atoms with van der Waals surface area (Å²) in [5.74, 6) is -0.0111. The second kappa shape index (κ2) is 7.29. The van der Waals surface area contributed by atoms with Crippen LogP contribution in [-0.2, 0) is 19.6 Å². The van der Waals surface area contributed by atoms with Crippen LogP contribution in [0, 0.1) is 12.8 Å². The van der Waals surface area contributed by atoms with Crippen molar-refractivity contribution in [2.24, 2.45) is 5.92 Å². The molecule has 2 aliphatic rings. The number of ether oxygens (including phenoxy) is 1. The minimum atomic E-state index is -3.47. The number of nitrogens with one attached hydrogen (secondary N) is 1. The largest absolute Gasteiger partial charge is 0.373 e. The molecule has 1 N–H and O–H groups in total. The Hall–Kier alpha value is -1.44. The van der Waals surface area contributed by atoms with Crippen LogP contribution in [0.5, 0.6) is 0 Å². The molecule has 2 aliphatic heterocycles. The molecule has 2 fully saturated rings. The van der Waals surface area contributed by atoms with Gasteiger partial charge >= 0.3 is 0 Å². The number of carbonyl (C=O) groups is 1. The number of piperidine rings is 1. The van der Waals surface area contributed by atoms with Gasteiger partial charge in [-0.1, -0.05) is 26.0 Å². The molecule has 1 amide bonds. The van der Waals surface area contributed by atoms with Crippen LogP contribution in [0.1, 0.15) is 38.7 Å². The fourth-order valence-corrected chi connectivity index (χ4v) is 5.26. The molecule has 1 spiro atoms. The fourth-order valence-electron chi connectivity index (χ4n) is 3.71. The third-order valence-electron chi connectivity index (χ3n) is 5.34. The predicted molar refractivity (Wildman–Crippen MR) is 99.2 cm³/mol. The van der Waals surface area contributed by atoms with Crippen molar-refractivity contribution in [1.29, 1.82) is 0 Å². The van der Waals surface area contributed by atoms with Crippen molar-refractivity contribution in [1.82, 2.24) is 9.62 Å². The van der Waals surface area contributed by atoms with Gasteiger partial charge in [0.2, 0.25) is 15.9 Å². The molecule has 1 aromatic rings. The van der Waals surface area contributed by atoms with E-state index >= 15 is 0 Å². The summed E-state index contributed by atoms with van der Waals surface area (Å²) in [6, 6.07) is 7.04. The van der Waals surface area contributed by atoms with Crippen molar-refractivity contribution in [3.63, 3.8) is 0 Å². The molecule has 26 heavy (non-hydrogen) atoms. The summed E-state index contributed by atoms with van der Waals surface area (Å²) in [5, 5.41) is 3.03. The Balaban J connectivity index is 1.62. The number of hydrogen-bond donors (Lipinski definition) is 1. The van der Waals surface area contributed by atoms with E-state index in [1.165, 1.54) is 0 Å². The number of rotatable bonds is 4. The maximum Gasteiger partial charge on any atom is 0.243 e. The molecule has 3 rings (SSSR count). The first kappa shape index (κ1) is 19.3. The second-order valence-corrected chi connectivity index (χ2v) is 9.72. The van der Waals surface area contributed by atoms with Gasteiger partial charge in [-0.25, -0.2) is 8.42 Å². The summed E-state index contributed by atoms with van der Waals surface area (Å²) in [6.07, 6.45) is 2.07. The molecule has 2 heterocycles. The van der Waals surface area contributed by atoms with Crippen molar-refractivity contribution in [3.8, 4) is 0 Å². The Labute approximate surface area is 156 Å². The first-order valence-electron chi connectivity index (χ1n) is 9.23. The summed E-state index contributed by atoms with van der Waals surface area (Å²) in [4.78, 5) is 12.2. The van der Waals surface area contributed by atoms with Gasteiger partial charge in [-0.2, -0.15) is 4.31 Å². The SMILES string of the molecule is Cc1cccc(S(=O)(=O)N2CCC3(CC2)C[C@H](NC(=O)C(C)C)CO3)c1. The molecule has 0 aromatic heterocycles. The van der Waals surface area contributed by atoms with Crippen LogP contribution in [0.25, 0.3) is 0 Å². The van der Waals surface area contributed by atoms with Gasteiger partial charge in [-0.05, 0) is 43.9 Å². The average Bonchev–Trinajstić information content (AvgIpc) is 2.97. The van der Waals surface area contributed by atoms with Gasteiger partial charge in [0.25, 0.3) is 0 Å². The number of carbonyl (C=O) groups excluding carboxylic acids is 1. The Morgan fingerprint density at radius 3 is 2.62 bits per heavy atom. The third kappa shape index (κ3) is 3.94. The number of amides is 1. The van der Waals surface area contributed by atoms with Crippen LogP contribution in [0.15, 0.2) is 29.2 Å². The van der Waals surface area contributed by atoms with Crippen molar-refractivity contribution in [2.45, 2.75) is 56.6 Å². The molecule has 144 valence electrons. The summed E-state index contributed by atoms with van der Waals surface area (Å²) < 4.78 is 33.3. The highest BCUT2D eigenvalue weighted by Crippen LogP contribution is 2.37. The number of hydrogen-bond acceptors (Lipinski definition) is 4. The van der Waals surface area contributed by atoms with Crippen LogP contribution >= 0.6 is 0 Å². The van der Waals surface area contributed by atoms with Crippen LogP contribution in [0.3, 0.4) is 0 Å². The Morgan fingerprint density at radius 2 is 2.00 bits per heavy atom. The van der Waals surface area contributed by atoms with Crippen molar-refractivity contribution < 1.29 is 17.9 Å². The van der Waals surface area contributed by atoms with E-state index in [0.717, 1.165) is 12.0 Å². The lowest BCUT2D eigenvalue weighted by Crippen LogP contribution is -2.47. The zero-order chi connectivity index (χ0) is 18.9. The molecule has 6 nitrogen and oxygen atoms in total. The topological polar surface area (TPSA) is 75.7 Å². The minimum Gasteiger partial charge on any atom is -0.373 e. The lowest BCUT2D eigenvalue weighted by molar-refractivity contribution is -0.124. The highest BCUT2D eigenvalue weighted by molar-refractivity contribution is 7.89. The molecule has 0 unspecified atom stereocenters. The standard InChI is InChI=1S/C19H28N2O4S/c1-14(2)18(22)20-16-12-19(25-13-16)7-9-21(10-8-19)26(23,24)17-6-4-5-15(3)11-17/h4-6,11,14,16H,7-10,12-13H2,1-3H3,(H,20,22)/t16-/m0/s1. The molecule has 0 bridgehead atoms.